The number of aryl methyl sites for hydroxylation is 1. The van der Waals surface area contributed by atoms with Gasteiger partial charge in [0.15, 0.2) is 10.9 Å². The second-order valence-electron chi connectivity index (χ2n) is 6.69. The molecule has 0 spiro atoms. The zero-order chi connectivity index (χ0) is 19.5. The van der Waals surface area contributed by atoms with Crippen LogP contribution in [0.25, 0.3) is 11.4 Å². The van der Waals surface area contributed by atoms with Gasteiger partial charge in [-0.3, -0.25) is 0 Å². The maximum absolute atomic E-state index is 6.05. The van der Waals surface area contributed by atoms with Crippen molar-refractivity contribution in [1.82, 2.24) is 14.8 Å². The first-order chi connectivity index (χ1) is 13.6. The Labute approximate surface area is 179 Å². The monoisotopic (exact) mass is 431 g/mol. The molecule has 28 heavy (non-hydrogen) atoms. The first kappa shape index (κ1) is 19.2. The number of anilines is 2. The topological polar surface area (TPSA) is 54.8 Å². The first-order valence-corrected chi connectivity index (χ1v) is 10.3. The summed E-state index contributed by atoms with van der Waals surface area (Å²) in [4.78, 5) is 0. The maximum Gasteiger partial charge on any atom is 0.175 e. The van der Waals surface area contributed by atoms with Crippen molar-refractivity contribution in [2.45, 2.75) is 32.2 Å². The number of fused-ring (bicyclic) bond motifs is 1. The predicted octanol–water partition coefficient (Wildman–Crippen LogP) is 5.79. The average molecular weight is 432 g/mol. The summed E-state index contributed by atoms with van der Waals surface area (Å²) in [6.45, 7) is 0.965. The van der Waals surface area contributed by atoms with Crippen molar-refractivity contribution in [2.75, 3.05) is 10.6 Å². The van der Waals surface area contributed by atoms with Gasteiger partial charge in [-0.2, -0.15) is 0 Å². The summed E-state index contributed by atoms with van der Waals surface area (Å²) >= 11 is 17.4. The van der Waals surface area contributed by atoms with E-state index in [2.05, 4.69) is 25.4 Å². The molecule has 1 aliphatic rings. The standard InChI is InChI=1S/C20H19Cl2N5S/c21-16-9-8-15(12-17(16)22)24-20(28)23-14-6-4-5-13(11-14)19-26-25-18-7-2-1-3-10-27(18)19/h4-6,8-9,11-12H,1-3,7,10H2,(H2,23,24,28). The molecule has 0 bridgehead atoms. The Morgan fingerprint density at radius 3 is 2.57 bits per heavy atom. The number of hydrogen-bond donors (Lipinski definition) is 2. The zero-order valence-corrected chi connectivity index (χ0v) is 17.4. The van der Waals surface area contributed by atoms with E-state index in [4.69, 9.17) is 35.4 Å². The summed E-state index contributed by atoms with van der Waals surface area (Å²) in [5.74, 6) is 1.98. The van der Waals surface area contributed by atoms with Gasteiger partial charge < -0.3 is 15.2 Å². The normalized spacial score (nSPS) is 13.5. The van der Waals surface area contributed by atoms with Crippen LogP contribution < -0.4 is 10.6 Å². The van der Waals surface area contributed by atoms with Crippen molar-refractivity contribution in [1.29, 1.82) is 0 Å². The second-order valence-corrected chi connectivity index (χ2v) is 7.91. The van der Waals surface area contributed by atoms with Gasteiger partial charge in [-0.1, -0.05) is 41.8 Å². The lowest BCUT2D eigenvalue weighted by Crippen LogP contribution is -2.19. The van der Waals surface area contributed by atoms with E-state index in [0.717, 1.165) is 48.0 Å². The number of hydrogen-bond acceptors (Lipinski definition) is 3. The van der Waals surface area contributed by atoms with Crippen LogP contribution in [0.1, 0.15) is 25.1 Å². The van der Waals surface area contributed by atoms with Crippen LogP contribution in [-0.4, -0.2) is 19.9 Å². The van der Waals surface area contributed by atoms with Crippen LogP contribution >= 0.6 is 35.4 Å². The predicted molar refractivity (Wildman–Crippen MR) is 119 cm³/mol. The van der Waals surface area contributed by atoms with E-state index in [9.17, 15) is 0 Å². The van der Waals surface area contributed by atoms with Crippen LogP contribution in [0.15, 0.2) is 42.5 Å². The number of halogens is 2. The first-order valence-electron chi connectivity index (χ1n) is 9.16. The quantitative estimate of drug-likeness (QED) is 0.514. The Kier molecular flexibility index (Phi) is 5.80. The molecule has 0 amide bonds. The molecule has 1 aliphatic heterocycles. The zero-order valence-electron chi connectivity index (χ0n) is 15.1. The molecular weight excluding hydrogens is 413 g/mol. The lowest BCUT2D eigenvalue weighted by Gasteiger charge is -2.12. The van der Waals surface area contributed by atoms with Crippen LogP contribution in [0.3, 0.4) is 0 Å². The van der Waals surface area contributed by atoms with Gasteiger partial charge in [0.2, 0.25) is 0 Å². The third-order valence-electron chi connectivity index (χ3n) is 4.67. The Morgan fingerprint density at radius 2 is 1.75 bits per heavy atom. The molecule has 2 aromatic carbocycles. The van der Waals surface area contributed by atoms with Gasteiger partial charge in [0.25, 0.3) is 0 Å². The number of benzene rings is 2. The third-order valence-corrected chi connectivity index (χ3v) is 5.61. The Balaban J connectivity index is 1.50. The minimum atomic E-state index is 0.468. The van der Waals surface area contributed by atoms with Gasteiger partial charge >= 0.3 is 0 Å². The summed E-state index contributed by atoms with van der Waals surface area (Å²) in [5.41, 5.74) is 2.66. The van der Waals surface area contributed by atoms with Crippen molar-refractivity contribution >= 4 is 51.9 Å². The Bertz CT molecular complexity index is 1020. The minimum Gasteiger partial charge on any atom is -0.332 e. The molecule has 2 N–H and O–H groups in total. The summed E-state index contributed by atoms with van der Waals surface area (Å²) in [6.07, 6.45) is 4.56. The van der Waals surface area contributed by atoms with E-state index in [-0.39, 0.29) is 0 Å². The maximum atomic E-state index is 6.05. The fourth-order valence-electron chi connectivity index (χ4n) is 3.30. The summed E-state index contributed by atoms with van der Waals surface area (Å²) in [6, 6.07) is 13.3. The molecule has 0 fully saturated rings. The van der Waals surface area contributed by atoms with Crippen molar-refractivity contribution in [3.8, 4) is 11.4 Å². The van der Waals surface area contributed by atoms with E-state index < -0.39 is 0 Å². The van der Waals surface area contributed by atoms with Gasteiger partial charge in [0, 0.05) is 29.9 Å². The number of nitrogens with zero attached hydrogens (tertiary/aromatic N) is 3. The third kappa shape index (κ3) is 4.29. The molecule has 0 unspecified atom stereocenters. The van der Waals surface area contributed by atoms with E-state index in [1.165, 1.54) is 12.8 Å². The molecule has 5 nitrogen and oxygen atoms in total. The molecule has 2 heterocycles. The Morgan fingerprint density at radius 1 is 0.929 bits per heavy atom. The summed E-state index contributed by atoms with van der Waals surface area (Å²) in [5, 5.41) is 16.6. The van der Waals surface area contributed by atoms with E-state index in [1.54, 1.807) is 12.1 Å². The minimum absolute atomic E-state index is 0.468. The van der Waals surface area contributed by atoms with E-state index in [1.807, 2.05) is 30.3 Å². The summed E-state index contributed by atoms with van der Waals surface area (Å²) < 4.78 is 2.23. The van der Waals surface area contributed by atoms with Crippen molar-refractivity contribution < 1.29 is 0 Å². The molecule has 1 aromatic heterocycles. The molecule has 0 saturated heterocycles. The van der Waals surface area contributed by atoms with Gasteiger partial charge in [0.1, 0.15) is 5.82 Å². The number of aromatic nitrogens is 3. The molecule has 0 saturated carbocycles. The van der Waals surface area contributed by atoms with Crippen LogP contribution in [0.5, 0.6) is 0 Å². The largest absolute Gasteiger partial charge is 0.332 e. The second kappa shape index (κ2) is 8.47. The summed E-state index contributed by atoms with van der Waals surface area (Å²) in [7, 11) is 0. The van der Waals surface area contributed by atoms with Gasteiger partial charge in [-0.05, 0) is 55.4 Å². The molecular formula is C20H19Cl2N5S. The molecule has 144 valence electrons. The fraction of sp³-hybridized carbons (Fsp3) is 0.250. The van der Waals surface area contributed by atoms with Gasteiger partial charge in [-0.15, -0.1) is 10.2 Å². The highest BCUT2D eigenvalue weighted by Gasteiger charge is 2.16. The van der Waals surface area contributed by atoms with Crippen LogP contribution in [0.4, 0.5) is 11.4 Å². The average Bonchev–Trinajstić information content (AvgIpc) is 2.93. The lowest BCUT2D eigenvalue weighted by atomic mass is 10.2. The van der Waals surface area contributed by atoms with Crippen LogP contribution in [-0.2, 0) is 13.0 Å². The van der Waals surface area contributed by atoms with Crippen LogP contribution in [0, 0.1) is 0 Å². The SMILES string of the molecule is S=C(Nc1cccc(-c2nnc3n2CCCCC3)c1)Nc1ccc(Cl)c(Cl)c1. The highest BCUT2D eigenvalue weighted by atomic mass is 35.5. The number of nitrogens with one attached hydrogen (secondary N) is 2. The lowest BCUT2D eigenvalue weighted by molar-refractivity contribution is 0.636. The van der Waals surface area contributed by atoms with Crippen molar-refractivity contribution in [2.24, 2.45) is 0 Å². The van der Waals surface area contributed by atoms with Crippen LogP contribution in [0.2, 0.25) is 10.0 Å². The van der Waals surface area contributed by atoms with E-state index >= 15 is 0 Å². The molecule has 8 heteroatoms. The molecule has 3 aromatic rings. The molecule has 4 rings (SSSR count). The molecule has 0 aliphatic carbocycles. The van der Waals surface area contributed by atoms with Gasteiger partial charge in [0.05, 0.1) is 10.0 Å². The van der Waals surface area contributed by atoms with Gasteiger partial charge in [-0.25, -0.2) is 0 Å². The molecule has 0 radical (unpaired) electrons. The molecule has 0 atom stereocenters. The number of thiocarbonyl (C=S) groups is 1. The fourth-order valence-corrected chi connectivity index (χ4v) is 3.84. The van der Waals surface area contributed by atoms with Crippen molar-refractivity contribution in [3.05, 3.63) is 58.3 Å². The highest BCUT2D eigenvalue weighted by molar-refractivity contribution is 7.80. The van der Waals surface area contributed by atoms with E-state index in [0.29, 0.717) is 15.2 Å². The number of rotatable bonds is 3. The Hall–Kier alpha value is -2.15. The highest BCUT2D eigenvalue weighted by Crippen LogP contribution is 2.26. The van der Waals surface area contributed by atoms with Crippen molar-refractivity contribution in [3.63, 3.8) is 0 Å². The smallest absolute Gasteiger partial charge is 0.175 e.